The summed E-state index contributed by atoms with van der Waals surface area (Å²) in [6.45, 7) is 1.69. The van der Waals surface area contributed by atoms with E-state index in [1.54, 1.807) is 13.0 Å². The average Bonchev–Trinajstić information content (AvgIpc) is 2.26. The molecule has 5 nitrogen and oxygen atoms in total. The van der Waals surface area contributed by atoms with E-state index in [0.29, 0.717) is 6.42 Å². The van der Waals surface area contributed by atoms with Gasteiger partial charge in [0.25, 0.3) is 5.91 Å². The molecule has 0 bridgehead atoms. The third-order valence-corrected chi connectivity index (χ3v) is 2.44. The Kier molecular flexibility index (Phi) is 4.42. The average molecular weight is 287 g/mol. The number of pyridine rings is 1. The second-order valence-corrected chi connectivity index (χ2v) is 4.05. The number of carbonyl (C=O) groups is 2. The predicted octanol–water partition coefficient (Wildman–Crippen LogP) is 1.44. The van der Waals surface area contributed by atoms with E-state index in [-0.39, 0.29) is 5.69 Å². The molecule has 1 heterocycles. The van der Waals surface area contributed by atoms with Gasteiger partial charge in [-0.3, -0.25) is 4.79 Å². The highest BCUT2D eigenvalue weighted by Crippen LogP contribution is 2.07. The van der Waals surface area contributed by atoms with Gasteiger partial charge in [0.1, 0.15) is 11.7 Å². The zero-order valence-electron chi connectivity index (χ0n) is 8.61. The van der Waals surface area contributed by atoms with Crippen LogP contribution >= 0.6 is 15.9 Å². The summed E-state index contributed by atoms with van der Waals surface area (Å²) >= 11 is 3.19. The monoisotopic (exact) mass is 286 g/mol. The first-order chi connectivity index (χ1) is 7.54. The summed E-state index contributed by atoms with van der Waals surface area (Å²) in [6.07, 6.45) is 1.81. The third kappa shape index (κ3) is 3.30. The molecule has 1 amide bonds. The summed E-state index contributed by atoms with van der Waals surface area (Å²) in [5, 5.41) is 11.2. The molecule has 1 unspecified atom stereocenters. The highest BCUT2D eigenvalue weighted by Gasteiger charge is 2.18. The normalized spacial score (nSPS) is 11.9. The molecule has 16 heavy (non-hydrogen) atoms. The minimum atomic E-state index is -1.05. The molecule has 1 atom stereocenters. The molecule has 0 aliphatic carbocycles. The maximum atomic E-state index is 11.6. The van der Waals surface area contributed by atoms with Crippen LogP contribution in [0, 0.1) is 0 Å². The maximum absolute atomic E-state index is 11.6. The molecule has 0 radical (unpaired) electrons. The number of carboxylic acids is 1. The number of halogens is 1. The van der Waals surface area contributed by atoms with Gasteiger partial charge in [0.15, 0.2) is 0 Å². The first kappa shape index (κ1) is 12.6. The Labute approximate surface area is 101 Å². The van der Waals surface area contributed by atoms with E-state index >= 15 is 0 Å². The van der Waals surface area contributed by atoms with Crippen LogP contribution in [0.3, 0.4) is 0 Å². The molecule has 0 fully saturated rings. The van der Waals surface area contributed by atoms with Gasteiger partial charge in [-0.2, -0.15) is 0 Å². The first-order valence-corrected chi connectivity index (χ1v) is 5.49. The van der Waals surface area contributed by atoms with E-state index in [1.807, 2.05) is 0 Å². The van der Waals surface area contributed by atoms with E-state index in [9.17, 15) is 9.59 Å². The summed E-state index contributed by atoms with van der Waals surface area (Å²) < 4.78 is 0.759. The number of amides is 1. The van der Waals surface area contributed by atoms with Crippen molar-refractivity contribution in [3.05, 3.63) is 28.5 Å². The number of carboxylic acid groups (broad SMARTS) is 1. The predicted molar refractivity (Wildman–Crippen MR) is 61.1 cm³/mol. The molecule has 1 aromatic rings. The molecule has 0 saturated heterocycles. The lowest BCUT2D eigenvalue weighted by Gasteiger charge is -2.11. The molecule has 1 rings (SSSR count). The molecule has 0 saturated carbocycles. The van der Waals surface area contributed by atoms with Gasteiger partial charge < -0.3 is 10.4 Å². The number of hydrogen-bond acceptors (Lipinski definition) is 3. The lowest BCUT2D eigenvalue weighted by molar-refractivity contribution is -0.139. The molecular formula is C10H11BrN2O3. The smallest absolute Gasteiger partial charge is 0.326 e. The molecule has 0 aromatic carbocycles. The van der Waals surface area contributed by atoms with Crippen molar-refractivity contribution in [2.45, 2.75) is 19.4 Å². The SMILES string of the molecule is CCC(NC(=O)c1ccc(Br)cn1)C(=O)O. The van der Waals surface area contributed by atoms with Crippen molar-refractivity contribution in [2.75, 3.05) is 0 Å². The number of rotatable bonds is 4. The standard InChI is InChI=1S/C10H11BrN2O3/c1-2-7(10(15)16)13-9(14)8-4-3-6(11)5-12-8/h3-5,7H,2H2,1H3,(H,13,14)(H,15,16). The van der Waals surface area contributed by atoms with Crippen molar-refractivity contribution in [3.63, 3.8) is 0 Å². The van der Waals surface area contributed by atoms with Gasteiger partial charge in [-0.15, -0.1) is 0 Å². The van der Waals surface area contributed by atoms with Gasteiger partial charge in [0, 0.05) is 10.7 Å². The Bertz CT molecular complexity index is 392. The van der Waals surface area contributed by atoms with Crippen molar-refractivity contribution < 1.29 is 14.7 Å². The summed E-state index contributed by atoms with van der Waals surface area (Å²) in [5.41, 5.74) is 0.197. The highest BCUT2D eigenvalue weighted by atomic mass is 79.9. The number of aromatic nitrogens is 1. The van der Waals surface area contributed by atoms with Crippen molar-refractivity contribution in [1.82, 2.24) is 10.3 Å². The van der Waals surface area contributed by atoms with Gasteiger partial charge in [-0.25, -0.2) is 9.78 Å². The fourth-order valence-corrected chi connectivity index (χ4v) is 1.32. The van der Waals surface area contributed by atoms with Gasteiger partial charge >= 0.3 is 5.97 Å². The fourth-order valence-electron chi connectivity index (χ4n) is 1.08. The summed E-state index contributed by atoms with van der Waals surface area (Å²) in [4.78, 5) is 26.2. The van der Waals surface area contributed by atoms with Crippen LogP contribution in [-0.2, 0) is 4.79 Å². The van der Waals surface area contributed by atoms with Crippen LogP contribution in [-0.4, -0.2) is 28.0 Å². The van der Waals surface area contributed by atoms with Crippen molar-refractivity contribution in [2.24, 2.45) is 0 Å². The molecular weight excluding hydrogens is 276 g/mol. The molecule has 2 N–H and O–H groups in total. The molecule has 0 aliphatic heterocycles. The zero-order valence-corrected chi connectivity index (χ0v) is 10.2. The summed E-state index contributed by atoms with van der Waals surface area (Å²) in [5.74, 6) is -1.53. The summed E-state index contributed by atoms with van der Waals surface area (Å²) in [6, 6.07) is 2.32. The van der Waals surface area contributed by atoms with Crippen molar-refractivity contribution >= 4 is 27.8 Å². The Morgan fingerprint density at radius 3 is 2.69 bits per heavy atom. The zero-order chi connectivity index (χ0) is 12.1. The van der Waals surface area contributed by atoms with Crippen LogP contribution in [0.4, 0.5) is 0 Å². The van der Waals surface area contributed by atoms with Gasteiger partial charge in [0.05, 0.1) is 0 Å². The molecule has 6 heteroatoms. The van der Waals surface area contributed by atoms with E-state index < -0.39 is 17.9 Å². The largest absolute Gasteiger partial charge is 0.480 e. The van der Waals surface area contributed by atoms with Crippen molar-refractivity contribution in [3.8, 4) is 0 Å². The molecule has 0 spiro atoms. The minimum absolute atomic E-state index is 0.197. The minimum Gasteiger partial charge on any atom is -0.480 e. The van der Waals surface area contributed by atoms with E-state index in [2.05, 4.69) is 26.2 Å². The second kappa shape index (κ2) is 5.60. The lowest BCUT2D eigenvalue weighted by Crippen LogP contribution is -2.40. The molecule has 0 aliphatic rings. The van der Waals surface area contributed by atoms with Crippen LogP contribution in [0.15, 0.2) is 22.8 Å². The topological polar surface area (TPSA) is 79.3 Å². The van der Waals surface area contributed by atoms with Crippen LogP contribution < -0.4 is 5.32 Å². The van der Waals surface area contributed by atoms with Gasteiger partial charge in [-0.05, 0) is 34.5 Å². The van der Waals surface area contributed by atoms with Gasteiger partial charge in [0.2, 0.25) is 0 Å². The highest BCUT2D eigenvalue weighted by molar-refractivity contribution is 9.10. The Hall–Kier alpha value is -1.43. The van der Waals surface area contributed by atoms with Crippen LogP contribution in [0.2, 0.25) is 0 Å². The maximum Gasteiger partial charge on any atom is 0.326 e. The van der Waals surface area contributed by atoms with E-state index in [1.165, 1.54) is 12.3 Å². The lowest BCUT2D eigenvalue weighted by atomic mass is 10.2. The summed E-state index contributed by atoms with van der Waals surface area (Å²) in [7, 11) is 0. The number of hydrogen-bond donors (Lipinski definition) is 2. The van der Waals surface area contributed by atoms with Crippen molar-refractivity contribution in [1.29, 1.82) is 0 Å². The molecule has 1 aromatic heterocycles. The quantitative estimate of drug-likeness (QED) is 0.878. The number of aliphatic carboxylic acids is 1. The first-order valence-electron chi connectivity index (χ1n) is 4.69. The number of carbonyl (C=O) groups excluding carboxylic acids is 1. The third-order valence-electron chi connectivity index (χ3n) is 1.97. The Morgan fingerprint density at radius 2 is 2.25 bits per heavy atom. The Balaban J connectivity index is 2.71. The second-order valence-electron chi connectivity index (χ2n) is 3.13. The van der Waals surface area contributed by atoms with E-state index in [4.69, 9.17) is 5.11 Å². The Morgan fingerprint density at radius 1 is 1.56 bits per heavy atom. The van der Waals surface area contributed by atoms with Crippen LogP contribution in [0.5, 0.6) is 0 Å². The molecule has 86 valence electrons. The number of nitrogens with one attached hydrogen (secondary N) is 1. The fraction of sp³-hybridized carbons (Fsp3) is 0.300. The number of nitrogens with zero attached hydrogens (tertiary/aromatic N) is 1. The van der Waals surface area contributed by atoms with Gasteiger partial charge in [-0.1, -0.05) is 6.92 Å². The van der Waals surface area contributed by atoms with E-state index in [0.717, 1.165) is 4.47 Å². The van der Waals surface area contributed by atoms with Crippen LogP contribution in [0.1, 0.15) is 23.8 Å². The van der Waals surface area contributed by atoms with Crippen LogP contribution in [0.25, 0.3) is 0 Å².